The molecule has 1 aromatic carbocycles. The normalized spacial score (nSPS) is 12.4. The van der Waals surface area contributed by atoms with Gasteiger partial charge in [0.2, 0.25) is 0 Å². The molecule has 0 saturated heterocycles. The van der Waals surface area contributed by atoms with Gasteiger partial charge in [0.1, 0.15) is 0 Å². The number of rotatable bonds is 8. The quantitative estimate of drug-likeness (QED) is 0.647. The van der Waals surface area contributed by atoms with E-state index in [0.29, 0.717) is 6.04 Å². The van der Waals surface area contributed by atoms with Crippen molar-refractivity contribution < 1.29 is 0 Å². The highest BCUT2D eigenvalue weighted by Gasteiger charge is 2.06. The summed E-state index contributed by atoms with van der Waals surface area (Å²) < 4.78 is 0. The van der Waals surface area contributed by atoms with E-state index in [1.54, 1.807) is 0 Å². The van der Waals surface area contributed by atoms with Crippen molar-refractivity contribution >= 4 is 6.08 Å². The highest BCUT2D eigenvalue weighted by atomic mass is 14.9. The van der Waals surface area contributed by atoms with Crippen LogP contribution < -0.4 is 5.32 Å². The molecular formula is C16H25N. The summed E-state index contributed by atoms with van der Waals surface area (Å²) in [4.78, 5) is 0. The van der Waals surface area contributed by atoms with Crippen molar-refractivity contribution in [3.8, 4) is 0 Å². The Kier molecular flexibility index (Phi) is 6.64. The molecule has 0 aliphatic heterocycles. The Morgan fingerprint density at radius 1 is 1.24 bits per heavy atom. The smallest absolute Gasteiger partial charge is 0.0297 e. The molecule has 0 aliphatic carbocycles. The molecule has 1 heteroatoms. The number of nitrogens with one attached hydrogen (secondary N) is 1. The van der Waals surface area contributed by atoms with Crippen LogP contribution in [0.5, 0.6) is 0 Å². The minimum absolute atomic E-state index is 0.408. The molecule has 1 N–H and O–H groups in total. The van der Waals surface area contributed by atoms with Crippen molar-refractivity contribution in [3.05, 3.63) is 42.0 Å². The molecule has 1 atom stereocenters. The first-order valence-corrected chi connectivity index (χ1v) is 6.74. The van der Waals surface area contributed by atoms with Gasteiger partial charge in [-0.25, -0.2) is 0 Å². The molecule has 1 aromatic rings. The molecule has 1 rings (SSSR count). The molecule has 0 radical (unpaired) electrons. The first-order valence-electron chi connectivity index (χ1n) is 6.74. The third-order valence-electron chi connectivity index (χ3n) is 3.16. The van der Waals surface area contributed by atoms with Crippen LogP contribution in [0.15, 0.2) is 30.8 Å². The molecular weight excluding hydrogens is 206 g/mol. The van der Waals surface area contributed by atoms with E-state index in [2.05, 4.69) is 50.0 Å². The van der Waals surface area contributed by atoms with Crippen LogP contribution in [0.25, 0.3) is 6.08 Å². The molecule has 1 unspecified atom stereocenters. The highest BCUT2D eigenvalue weighted by molar-refractivity contribution is 5.52. The topological polar surface area (TPSA) is 12.0 Å². The predicted octanol–water partition coefficient (Wildman–Crippen LogP) is 4.56. The van der Waals surface area contributed by atoms with E-state index in [0.717, 1.165) is 6.54 Å². The number of hydrogen-bond donors (Lipinski definition) is 1. The second kappa shape index (κ2) is 8.08. The monoisotopic (exact) mass is 231 g/mol. The fraction of sp³-hybridized carbons (Fsp3) is 0.500. The van der Waals surface area contributed by atoms with E-state index < -0.39 is 0 Å². The molecule has 0 saturated carbocycles. The van der Waals surface area contributed by atoms with Crippen molar-refractivity contribution in [1.82, 2.24) is 5.32 Å². The number of hydrogen-bond acceptors (Lipinski definition) is 1. The first-order chi connectivity index (χ1) is 8.29. The summed E-state index contributed by atoms with van der Waals surface area (Å²) >= 11 is 0. The number of benzene rings is 1. The van der Waals surface area contributed by atoms with Crippen LogP contribution in [-0.2, 0) is 0 Å². The van der Waals surface area contributed by atoms with Gasteiger partial charge in [-0.1, -0.05) is 63.1 Å². The van der Waals surface area contributed by atoms with Crippen molar-refractivity contribution in [2.24, 2.45) is 0 Å². The lowest BCUT2D eigenvalue weighted by Gasteiger charge is -2.16. The molecule has 0 heterocycles. The lowest BCUT2D eigenvalue weighted by molar-refractivity contribution is 0.536. The van der Waals surface area contributed by atoms with Crippen LogP contribution >= 0.6 is 0 Å². The van der Waals surface area contributed by atoms with Gasteiger partial charge in [0.25, 0.3) is 0 Å². The van der Waals surface area contributed by atoms with Gasteiger partial charge in [-0.15, -0.1) is 0 Å². The Balaban J connectivity index is 2.41. The van der Waals surface area contributed by atoms with E-state index in [1.807, 2.05) is 6.08 Å². The Labute approximate surface area is 106 Å². The maximum absolute atomic E-state index is 3.87. The summed E-state index contributed by atoms with van der Waals surface area (Å²) in [6.07, 6.45) is 7.19. The van der Waals surface area contributed by atoms with Gasteiger partial charge in [-0.2, -0.15) is 0 Å². The zero-order valence-electron chi connectivity index (χ0n) is 11.2. The third kappa shape index (κ3) is 4.74. The highest BCUT2D eigenvalue weighted by Crippen LogP contribution is 2.18. The zero-order valence-corrected chi connectivity index (χ0v) is 11.2. The van der Waals surface area contributed by atoms with Crippen LogP contribution in [0.3, 0.4) is 0 Å². The van der Waals surface area contributed by atoms with E-state index in [1.165, 1.54) is 36.8 Å². The molecule has 94 valence electrons. The van der Waals surface area contributed by atoms with Gasteiger partial charge in [0.15, 0.2) is 0 Å². The molecule has 0 amide bonds. The van der Waals surface area contributed by atoms with Gasteiger partial charge >= 0.3 is 0 Å². The lowest BCUT2D eigenvalue weighted by atomic mass is 10.0. The summed E-state index contributed by atoms with van der Waals surface area (Å²) in [5.41, 5.74) is 2.58. The van der Waals surface area contributed by atoms with Crippen molar-refractivity contribution in [2.75, 3.05) is 6.54 Å². The SMILES string of the molecule is C=Cc1ccccc1C(C)NCCCCCC. The molecule has 0 spiro atoms. The Morgan fingerprint density at radius 2 is 2.00 bits per heavy atom. The van der Waals surface area contributed by atoms with E-state index >= 15 is 0 Å². The summed E-state index contributed by atoms with van der Waals surface area (Å²) in [5, 5.41) is 3.58. The largest absolute Gasteiger partial charge is 0.310 e. The van der Waals surface area contributed by atoms with E-state index in [9.17, 15) is 0 Å². The Hall–Kier alpha value is -1.08. The minimum atomic E-state index is 0.408. The summed E-state index contributed by atoms with van der Waals surface area (Å²) in [6.45, 7) is 9.44. The lowest BCUT2D eigenvalue weighted by Crippen LogP contribution is -2.20. The van der Waals surface area contributed by atoms with Crippen LogP contribution in [0.1, 0.15) is 56.7 Å². The van der Waals surface area contributed by atoms with Crippen molar-refractivity contribution in [1.29, 1.82) is 0 Å². The van der Waals surface area contributed by atoms with Gasteiger partial charge < -0.3 is 5.32 Å². The fourth-order valence-corrected chi connectivity index (χ4v) is 2.07. The van der Waals surface area contributed by atoms with E-state index in [-0.39, 0.29) is 0 Å². The standard InChI is InChI=1S/C16H25N/c1-4-6-7-10-13-17-14(3)16-12-9-8-11-15(16)5-2/h5,8-9,11-12,14,17H,2,4,6-7,10,13H2,1,3H3. The summed E-state index contributed by atoms with van der Waals surface area (Å²) in [6, 6.07) is 8.87. The van der Waals surface area contributed by atoms with E-state index in [4.69, 9.17) is 0 Å². The molecule has 17 heavy (non-hydrogen) atoms. The Morgan fingerprint density at radius 3 is 2.71 bits per heavy atom. The maximum Gasteiger partial charge on any atom is 0.0297 e. The molecule has 0 aromatic heterocycles. The van der Waals surface area contributed by atoms with Crippen LogP contribution in [0.4, 0.5) is 0 Å². The number of unbranched alkanes of at least 4 members (excludes halogenated alkanes) is 3. The summed E-state index contributed by atoms with van der Waals surface area (Å²) in [7, 11) is 0. The Bertz CT molecular complexity index is 330. The zero-order chi connectivity index (χ0) is 12.5. The van der Waals surface area contributed by atoms with Crippen LogP contribution in [0, 0.1) is 0 Å². The maximum atomic E-state index is 3.87. The van der Waals surface area contributed by atoms with Crippen molar-refractivity contribution in [3.63, 3.8) is 0 Å². The minimum Gasteiger partial charge on any atom is -0.310 e. The molecule has 0 aliphatic rings. The van der Waals surface area contributed by atoms with Crippen LogP contribution in [0.2, 0.25) is 0 Å². The fourth-order valence-electron chi connectivity index (χ4n) is 2.07. The third-order valence-corrected chi connectivity index (χ3v) is 3.16. The van der Waals surface area contributed by atoms with Crippen molar-refractivity contribution in [2.45, 2.75) is 45.6 Å². The molecule has 0 fully saturated rings. The molecule has 0 bridgehead atoms. The van der Waals surface area contributed by atoms with Gasteiger partial charge in [0, 0.05) is 6.04 Å². The van der Waals surface area contributed by atoms with Crippen LogP contribution in [-0.4, -0.2) is 6.54 Å². The van der Waals surface area contributed by atoms with Gasteiger partial charge in [0.05, 0.1) is 0 Å². The first kappa shape index (κ1) is 14.0. The van der Waals surface area contributed by atoms with Gasteiger partial charge in [-0.3, -0.25) is 0 Å². The second-order valence-corrected chi connectivity index (χ2v) is 4.57. The van der Waals surface area contributed by atoms with Gasteiger partial charge in [-0.05, 0) is 31.0 Å². The average Bonchev–Trinajstić information content (AvgIpc) is 2.38. The average molecular weight is 231 g/mol. The molecule has 1 nitrogen and oxygen atoms in total. The summed E-state index contributed by atoms with van der Waals surface area (Å²) in [5.74, 6) is 0. The predicted molar refractivity (Wildman–Crippen MR) is 77.1 cm³/mol. The second-order valence-electron chi connectivity index (χ2n) is 4.57.